The average Bonchev–Trinajstić information content (AvgIpc) is 2.95. The molecular weight excluding hydrogens is 264 g/mol. The number of nitrogens with zero attached hydrogens (tertiary/aromatic N) is 4. The van der Waals surface area contributed by atoms with E-state index in [9.17, 15) is 5.11 Å². The topological polar surface area (TPSA) is 55.9 Å². The first-order valence-corrected chi connectivity index (χ1v) is 6.86. The average molecular weight is 283 g/mol. The number of hydrogen-bond donors (Lipinski definition) is 1. The third-order valence-electron chi connectivity index (χ3n) is 3.16. The molecule has 1 N–H and O–H groups in total. The summed E-state index contributed by atoms with van der Waals surface area (Å²) in [6, 6.07) is 1.81. The summed E-state index contributed by atoms with van der Waals surface area (Å²) in [5.41, 5.74) is 2.41. The van der Waals surface area contributed by atoms with Crippen molar-refractivity contribution >= 4 is 11.6 Å². The number of halogens is 1. The number of aromatic nitrogens is 4. The van der Waals surface area contributed by atoms with E-state index in [0.29, 0.717) is 17.1 Å². The van der Waals surface area contributed by atoms with E-state index in [1.165, 1.54) is 0 Å². The first-order chi connectivity index (χ1) is 9.06. The Morgan fingerprint density at radius 1 is 1.37 bits per heavy atom. The van der Waals surface area contributed by atoms with Crippen LogP contribution in [-0.4, -0.2) is 24.7 Å². The molecule has 0 aliphatic rings. The quantitative estimate of drug-likeness (QED) is 0.914. The molecule has 5 nitrogen and oxygen atoms in total. The molecule has 104 valence electrons. The molecule has 0 aromatic carbocycles. The van der Waals surface area contributed by atoms with Gasteiger partial charge in [-0.2, -0.15) is 10.2 Å². The molecule has 0 bridgehead atoms. The third-order valence-corrected chi connectivity index (χ3v) is 3.59. The molecule has 1 unspecified atom stereocenters. The van der Waals surface area contributed by atoms with Gasteiger partial charge in [0.15, 0.2) is 0 Å². The summed E-state index contributed by atoms with van der Waals surface area (Å²) < 4.78 is 3.53. The second-order valence-electron chi connectivity index (χ2n) is 4.51. The van der Waals surface area contributed by atoms with Crippen LogP contribution in [0.25, 0.3) is 0 Å². The van der Waals surface area contributed by atoms with Gasteiger partial charge in [0, 0.05) is 26.2 Å². The minimum absolute atomic E-state index is 0.427. The number of aliphatic hydroxyl groups is 1. The Labute approximate surface area is 117 Å². The van der Waals surface area contributed by atoms with Crippen LogP contribution in [0, 0.1) is 0 Å². The molecule has 0 spiro atoms. The Hall–Kier alpha value is -1.33. The van der Waals surface area contributed by atoms with Gasteiger partial charge in [-0.25, -0.2) is 0 Å². The van der Waals surface area contributed by atoms with Gasteiger partial charge in [-0.3, -0.25) is 9.36 Å². The SMILES string of the molecule is CCc1nn(CC)c(CC(O)c2ccn(C)n2)c1Cl. The monoisotopic (exact) mass is 282 g/mol. The maximum atomic E-state index is 10.2. The van der Waals surface area contributed by atoms with Crippen molar-refractivity contribution in [3.63, 3.8) is 0 Å². The number of aryl methyl sites for hydroxylation is 3. The molecule has 0 saturated heterocycles. The Morgan fingerprint density at radius 2 is 2.11 bits per heavy atom. The maximum absolute atomic E-state index is 10.2. The lowest BCUT2D eigenvalue weighted by Gasteiger charge is -2.10. The number of hydrogen-bond acceptors (Lipinski definition) is 3. The lowest BCUT2D eigenvalue weighted by atomic mass is 10.1. The Morgan fingerprint density at radius 3 is 2.63 bits per heavy atom. The standard InChI is InChI=1S/C13H19ClN4O/c1-4-9-13(14)11(18(5-2)16-9)8-12(19)10-6-7-17(3)15-10/h6-7,12,19H,4-5,8H2,1-3H3. The predicted octanol–water partition coefficient (Wildman–Crippen LogP) is 2.13. The minimum atomic E-state index is -0.662. The molecule has 19 heavy (non-hydrogen) atoms. The van der Waals surface area contributed by atoms with Crippen LogP contribution in [0.1, 0.15) is 37.0 Å². The van der Waals surface area contributed by atoms with Crippen LogP contribution in [0.4, 0.5) is 0 Å². The van der Waals surface area contributed by atoms with E-state index in [4.69, 9.17) is 11.6 Å². The van der Waals surface area contributed by atoms with Crippen molar-refractivity contribution in [3.8, 4) is 0 Å². The molecule has 2 heterocycles. The fraction of sp³-hybridized carbons (Fsp3) is 0.538. The molecule has 0 amide bonds. The Bertz CT molecular complexity index is 561. The molecule has 0 aliphatic carbocycles. The van der Waals surface area contributed by atoms with Crippen LogP contribution in [0.15, 0.2) is 12.3 Å². The molecule has 6 heteroatoms. The van der Waals surface area contributed by atoms with Crippen molar-refractivity contribution in [2.24, 2.45) is 7.05 Å². The van der Waals surface area contributed by atoms with E-state index < -0.39 is 6.10 Å². The summed E-state index contributed by atoms with van der Waals surface area (Å²) in [6.45, 7) is 4.77. The van der Waals surface area contributed by atoms with Crippen LogP contribution in [0.5, 0.6) is 0 Å². The van der Waals surface area contributed by atoms with Crippen molar-refractivity contribution in [3.05, 3.63) is 34.4 Å². The van der Waals surface area contributed by atoms with Crippen LogP contribution in [0.3, 0.4) is 0 Å². The van der Waals surface area contributed by atoms with Gasteiger partial charge in [-0.15, -0.1) is 0 Å². The van der Waals surface area contributed by atoms with E-state index in [1.54, 1.807) is 4.68 Å². The van der Waals surface area contributed by atoms with Crippen LogP contribution in [0.2, 0.25) is 5.02 Å². The van der Waals surface area contributed by atoms with Crippen LogP contribution >= 0.6 is 11.6 Å². The van der Waals surface area contributed by atoms with Gasteiger partial charge >= 0.3 is 0 Å². The van der Waals surface area contributed by atoms with E-state index in [1.807, 2.05) is 37.8 Å². The Balaban J connectivity index is 2.25. The van der Waals surface area contributed by atoms with Gasteiger partial charge in [-0.05, 0) is 19.4 Å². The first kappa shape index (κ1) is 14.1. The second kappa shape index (κ2) is 5.75. The summed E-state index contributed by atoms with van der Waals surface area (Å²) in [7, 11) is 1.83. The Kier molecular flexibility index (Phi) is 4.27. The fourth-order valence-corrected chi connectivity index (χ4v) is 2.46. The van der Waals surface area contributed by atoms with Gasteiger partial charge in [0.1, 0.15) is 6.10 Å². The summed E-state index contributed by atoms with van der Waals surface area (Å²) in [6.07, 6.45) is 2.37. The van der Waals surface area contributed by atoms with E-state index in [-0.39, 0.29) is 0 Å². The first-order valence-electron chi connectivity index (χ1n) is 6.48. The molecule has 0 aliphatic heterocycles. The summed E-state index contributed by atoms with van der Waals surface area (Å²) in [5.74, 6) is 0. The molecule has 2 aromatic rings. The minimum Gasteiger partial charge on any atom is -0.386 e. The molecule has 1 atom stereocenters. The smallest absolute Gasteiger partial charge is 0.103 e. The zero-order chi connectivity index (χ0) is 14.0. The molecule has 0 fully saturated rings. The highest BCUT2D eigenvalue weighted by atomic mass is 35.5. The largest absolute Gasteiger partial charge is 0.386 e. The predicted molar refractivity (Wildman–Crippen MR) is 74.2 cm³/mol. The lowest BCUT2D eigenvalue weighted by molar-refractivity contribution is 0.170. The van der Waals surface area contributed by atoms with Crippen molar-refractivity contribution in [1.29, 1.82) is 0 Å². The van der Waals surface area contributed by atoms with Crippen LogP contribution in [-0.2, 0) is 26.4 Å². The lowest BCUT2D eigenvalue weighted by Crippen LogP contribution is -2.09. The van der Waals surface area contributed by atoms with Crippen molar-refractivity contribution in [2.75, 3.05) is 0 Å². The highest BCUT2D eigenvalue weighted by Crippen LogP contribution is 2.26. The number of rotatable bonds is 5. The summed E-state index contributed by atoms with van der Waals surface area (Å²) >= 11 is 6.33. The molecule has 2 aromatic heterocycles. The van der Waals surface area contributed by atoms with Crippen molar-refractivity contribution < 1.29 is 5.11 Å². The molecule has 0 radical (unpaired) electrons. The third kappa shape index (κ3) is 2.82. The highest BCUT2D eigenvalue weighted by molar-refractivity contribution is 6.31. The van der Waals surface area contributed by atoms with Crippen molar-refractivity contribution in [2.45, 2.75) is 39.3 Å². The van der Waals surface area contributed by atoms with Crippen molar-refractivity contribution in [1.82, 2.24) is 19.6 Å². The van der Waals surface area contributed by atoms with E-state index in [0.717, 1.165) is 24.4 Å². The molecule has 2 rings (SSSR count). The summed E-state index contributed by atoms with van der Waals surface area (Å²) in [5, 5.41) is 19.6. The summed E-state index contributed by atoms with van der Waals surface area (Å²) in [4.78, 5) is 0. The van der Waals surface area contributed by atoms with Gasteiger partial charge in [0.25, 0.3) is 0 Å². The van der Waals surface area contributed by atoms with Gasteiger partial charge in [-0.1, -0.05) is 18.5 Å². The number of aliphatic hydroxyl groups excluding tert-OH is 1. The normalized spacial score (nSPS) is 12.9. The fourth-order valence-electron chi connectivity index (χ4n) is 2.11. The zero-order valence-electron chi connectivity index (χ0n) is 11.5. The highest BCUT2D eigenvalue weighted by Gasteiger charge is 2.19. The van der Waals surface area contributed by atoms with Gasteiger partial charge < -0.3 is 5.11 Å². The molecular formula is C13H19ClN4O. The maximum Gasteiger partial charge on any atom is 0.103 e. The van der Waals surface area contributed by atoms with Gasteiger partial charge in [0.05, 0.1) is 22.1 Å². The van der Waals surface area contributed by atoms with Gasteiger partial charge in [0.2, 0.25) is 0 Å². The molecule has 0 saturated carbocycles. The van der Waals surface area contributed by atoms with Crippen LogP contribution < -0.4 is 0 Å². The second-order valence-corrected chi connectivity index (χ2v) is 4.89. The zero-order valence-corrected chi connectivity index (χ0v) is 12.2. The van der Waals surface area contributed by atoms with E-state index >= 15 is 0 Å². The van der Waals surface area contributed by atoms with E-state index in [2.05, 4.69) is 10.2 Å².